The van der Waals surface area contributed by atoms with Crippen molar-refractivity contribution < 1.29 is 4.79 Å². The van der Waals surface area contributed by atoms with Crippen LogP contribution in [0.2, 0.25) is 0 Å². The number of anilines is 1. The largest absolute Gasteiger partial charge is 0.341 e. The molecule has 0 radical (unpaired) electrons. The van der Waals surface area contributed by atoms with Gasteiger partial charge in [0.25, 0.3) is 0 Å². The molecule has 0 aliphatic heterocycles. The molecule has 1 aromatic heterocycles. The molecule has 3 rings (SSSR count). The Morgan fingerprint density at radius 3 is 2.77 bits per heavy atom. The minimum atomic E-state index is 0.00964. The summed E-state index contributed by atoms with van der Waals surface area (Å²) in [6.45, 7) is 1.98. The van der Waals surface area contributed by atoms with Gasteiger partial charge in [0.05, 0.1) is 22.5 Å². The first-order valence-corrected chi connectivity index (χ1v) is 8.25. The van der Waals surface area contributed by atoms with Gasteiger partial charge in [0.2, 0.25) is 5.91 Å². The average Bonchev–Trinajstić information content (AvgIpc) is 2.92. The third kappa shape index (κ3) is 3.49. The van der Waals surface area contributed by atoms with Crippen LogP contribution in [0.25, 0.3) is 11.0 Å². The van der Waals surface area contributed by atoms with E-state index in [4.69, 9.17) is 0 Å². The monoisotopic (exact) mass is 311 g/mol. The van der Waals surface area contributed by atoms with Gasteiger partial charge in [0.1, 0.15) is 5.82 Å². The molecule has 5 heteroatoms. The van der Waals surface area contributed by atoms with Crippen molar-refractivity contribution in [1.29, 1.82) is 0 Å². The van der Waals surface area contributed by atoms with Crippen molar-refractivity contribution >= 4 is 34.4 Å². The molecule has 3 aromatic rings. The van der Waals surface area contributed by atoms with Crippen LogP contribution in [0.4, 0.5) is 5.69 Å². The van der Waals surface area contributed by atoms with Crippen LogP contribution in [0.15, 0.2) is 48.5 Å². The van der Waals surface area contributed by atoms with Crippen LogP contribution in [0, 0.1) is 6.92 Å². The Labute approximate surface area is 133 Å². The third-order valence-corrected chi connectivity index (χ3v) is 4.27. The number of hydrogen-bond acceptors (Lipinski definition) is 3. The standard InChI is InChI=1S/C17H17N3OS/c1-12-6-2-3-7-13(12)20-17(21)11-22-10-16-18-14-8-4-5-9-15(14)19-16/h2-9H,10-11H2,1H3,(H,18,19)(H,20,21). The highest BCUT2D eigenvalue weighted by atomic mass is 32.2. The Balaban J connectivity index is 1.52. The van der Waals surface area contributed by atoms with Crippen molar-refractivity contribution in [2.24, 2.45) is 0 Å². The van der Waals surface area contributed by atoms with Gasteiger partial charge >= 0.3 is 0 Å². The minimum absolute atomic E-state index is 0.00964. The van der Waals surface area contributed by atoms with E-state index >= 15 is 0 Å². The zero-order chi connectivity index (χ0) is 15.4. The molecule has 1 heterocycles. The Hall–Kier alpha value is -2.27. The molecule has 4 nitrogen and oxygen atoms in total. The van der Waals surface area contributed by atoms with E-state index in [9.17, 15) is 4.79 Å². The lowest BCUT2D eigenvalue weighted by atomic mass is 10.2. The van der Waals surface area contributed by atoms with Gasteiger partial charge in [0.15, 0.2) is 0 Å². The van der Waals surface area contributed by atoms with Gasteiger partial charge in [-0.2, -0.15) is 0 Å². The predicted molar refractivity (Wildman–Crippen MR) is 92.1 cm³/mol. The van der Waals surface area contributed by atoms with Gasteiger partial charge in [-0.15, -0.1) is 11.8 Å². The SMILES string of the molecule is Cc1ccccc1NC(=O)CSCc1nc2ccccc2[nH]1. The Morgan fingerprint density at radius 2 is 1.95 bits per heavy atom. The summed E-state index contributed by atoms with van der Waals surface area (Å²) in [7, 11) is 0. The molecule has 0 unspecified atom stereocenters. The highest BCUT2D eigenvalue weighted by molar-refractivity contribution is 7.99. The van der Waals surface area contributed by atoms with Crippen molar-refractivity contribution in [3.8, 4) is 0 Å². The summed E-state index contributed by atoms with van der Waals surface area (Å²) in [6.07, 6.45) is 0. The maximum atomic E-state index is 12.0. The summed E-state index contributed by atoms with van der Waals surface area (Å²) < 4.78 is 0. The number of imidazole rings is 1. The van der Waals surface area contributed by atoms with Crippen molar-refractivity contribution in [3.05, 3.63) is 59.9 Å². The Kier molecular flexibility index (Phi) is 4.44. The number of thioether (sulfide) groups is 1. The van der Waals surface area contributed by atoms with Gasteiger partial charge < -0.3 is 10.3 Å². The van der Waals surface area contributed by atoms with Gasteiger partial charge in [0, 0.05) is 5.69 Å². The lowest BCUT2D eigenvalue weighted by Crippen LogP contribution is -2.14. The molecule has 0 saturated heterocycles. The van der Waals surface area contributed by atoms with E-state index in [0.717, 1.165) is 28.1 Å². The first-order chi connectivity index (χ1) is 10.7. The molecule has 2 N–H and O–H groups in total. The highest BCUT2D eigenvalue weighted by Crippen LogP contribution is 2.17. The molecule has 0 bridgehead atoms. The summed E-state index contributed by atoms with van der Waals surface area (Å²) >= 11 is 1.55. The normalized spacial score (nSPS) is 10.8. The van der Waals surface area contributed by atoms with Crippen molar-refractivity contribution in [1.82, 2.24) is 9.97 Å². The van der Waals surface area contributed by atoms with Crippen molar-refractivity contribution in [3.63, 3.8) is 0 Å². The maximum absolute atomic E-state index is 12.0. The summed E-state index contributed by atoms with van der Waals surface area (Å²) in [5, 5.41) is 2.93. The van der Waals surface area contributed by atoms with E-state index < -0.39 is 0 Å². The van der Waals surface area contributed by atoms with E-state index in [2.05, 4.69) is 15.3 Å². The number of carbonyl (C=O) groups excluding carboxylic acids is 1. The fraction of sp³-hybridized carbons (Fsp3) is 0.176. The van der Waals surface area contributed by atoms with Crippen LogP contribution in [-0.2, 0) is 10.5 Å². The van der Waals surface area contributed by atoms with Gasteiger partial charge in [-0.05, 0) is 30.7 Å². The molecular formula is C17H17N3OS. The van der Waals surface area contributed by atoms with Crippen LogP contribution in [0.3, 0.4) is 0 Å². The number of hydrogen-bond donors (Lipinski definition) is 2. The molecule has 2 aromatic carbocycles. The first-order valence-electron chi connectivity index (χ1n) is 7.09. The molecule has 0 spiro atoms. The molecule has 0 aliphatic rings. The van der Waals surface area contributed by atoms with E-state index in [1.807, 2.05) is 55.5 Å². The lowest BCUT2D eigenvalue weighted by molar-refractivity contribution is -0.113. The smallest absolute Gasteiger partial charge is 0.234 e. The number of para-hydroxylation sites is 3. The van der Waals surface area contributed by atoms with E-state index in [0.29, 0.717) is 11.5 Å². The number of fused-ring (bicyclic) bond motifs is 1. The number of benzene rings is 2. The van der Waals surface area contributed by atoms with Crippen LogP contribution >= 0.6 is 11.8 Å². The topological polar surface area (TPSA) is 57.8 Å². The maximum Gasteiger partial charge on any atom is 0.234 e. The number of aryl methyl sites for hydroxylation is 1. The van der Waals surface area contributed by atoms with Gasteiger partial charge in [-0.3, -0.25) is 4.79 Å². The molecule has 1 amide bonds. The second-order valence-electron chi connectivity index (χ2n) is 5.06. The number of aromatic nitrogens is 2. The van der Waals surface area contributed by atoms with Crippen LogP contribution in [-0.4, -0.2) is 21.6 Å². The number of H-pyrrole nitrogens is 1. The van der Waals surface area contributed by atoms with E-state index in [1.54, 1.807) is 11.8 Å². The van der Waals surface area contributed by atoms with Crippen molar-refractivity contribution in [2.45, 2.75) is 12.7 Å². The summed E-state index contributed by atoms with van der Waals surface area (Å²) in [5.41, 5.74) is 3.93. The lowest BCUT2D eigenvalue weighted by Gasteiger charge is -2.07. The quantitative estimate of drug-likeness (QED) is 0.754. The number of rotatable bonds is 5. The molecule has 0 aliphatic carbocycles. The number of amides is 1. The Morgan fingerprint density at radius 1 is 1.18 bits per heavy atom. The average molecular weight is 311 g/mol. The molecule has 22 heavy (non-hydrogen) atoms. The summed E-state index contributed by atoms with van der Waals surface area (Å²) in [4.78, 5) is 19.7. The fourth-order valence-corrected chi connectivity index (χ4v) is 2.90. The molecule has 112 valence electrons. The molecule has 0 atom stereocenters. The fourth-order valence-electron chi connectivity index (χ4n) is 2.21. The van der Waals surface area contributed by atoms with E-state index in [-0.39, 0.29) is 5.91 Å². The Bertz CT molecular complexity index is 764. The molecule has 0 saturated carbocycles. The number of nitrogens with zero attached hydrogens (tertiary/aromatic N) is 1. The number of aromatic amines is 1. The summed E-state index contributed by atoms with van der Waals surface area (Å²) in [6, 6.07) is 15.7. The van der Waals surface area contributed by atoms with Gasteiger partial charge in [-0.25, -0.2) is 4.98 Å². The van der Waals surface area contributed by atoms with Crippen molar-refractivity contribution in [2.75, 3.05) is 11.1 Å². The van der Waals surface area contributed by atoms with Crippen LogP contribution < -0.4 is 5.32 Å². The molecule has 0 fully saturated rings. The number of carbonyl (C=O) groups is 1. The highest BCUT2D eigenvalue weighted by Gasteiger charge is 2.06. The second-order valence-corrected chi connectivity index (χ2v) is 6.04. The second kappa shape index (κ2) is 6.66. The number of nitrogens with one attached hydrogen (secondary N) is 2. The predicted octanol–water partition coefficient (Wildman–Crippen LogP) is 3.74. The molecular weight excluding hydrogens is 294 g/mol. The zero-order valence-corrected chi connectivity index (χ0v) is 13.1. The van der Waals surface area contributed by atoms with Crippen LogP contribution in [0.1, 0.15) is 11.4 Å². The first kappa shape index (κ1) is 14.7. The van der Waals surface area contributed by atoms with E-state index in [1.165, 1.54) is 0 Å². The van der Waals surface area contributed by atoms with Crippen LogP contribution in [0.5, 0.6) is 0 Å². The third-order valence-electron chi connectivity index (χ3n) is 3.33. The summed E-state index contributed by atoms with van der Waals surface area (Å²) in [5.74, 6) is 2.01. The van der Waals surface area contributed by atoms with Gasteiger partial charge in [-0.1, -0.05) is 30.3 Å². The zero-order valence-electron chi connectivity index (χ0n) is 12.3. The minimum Gasteiger partial charge on any atom is -0.341 e.